The Balaban J connectivity index is 0.974. The number of ether oxygens (including phenoxy) is 16. The van der Waals surface area contributed by atoms with Crippen molar-refractivity contribution in [3.05, 3.63) is 35.9 Å². The van der Waals surface area contributed by atoms with Crippen LogP contribution in [0.4, 0.5) is 0 Å². The van der Waals surface area contributed by atoms with Crippen LogP contribution in [0.3, 0.4) is 0 Å². The molecule has 7 rings (SSSR count). The molecule has 6 aliphatic heterocycles. The summed E-state index contributed by atoms with van der Waals surface area (Å²) < 4.78 is 94.7. The van der Waals surface area contributed by atoms with E-state index in [1.165, 1.54) is 211 Å². The average molecular weight is 1880 g/mol. The van der Waals surface area contributed by atoms with Gasteiger partial charge in [0.15, 0.2) is 43.8 Å². The van der Waals surface area contributed by atoms with Crippen LogP contribution in [0.1, 0.15) is 261 Å². The number of methoxy groups -OCH3 is 4. The fourth-order valence-corrected chi connectivity index (χ4v) is 18.0. The van der Waals surface area contributed by atoms with Gasteiger partial charge in [-0.25, -0.2) is 4.79 Å². The number of carboxylic acids is 1. The van der Waals surface area contributed by atoms with Crippen molar-refractivity contribution in [2.24, 2.45) is 0 Å². The predicted octanol–water partition coefficient (Wildman–Crippen LogP) is 4.21. The van der Waals surface area contributed by atoms with Gasteiger partial charge >= 0.3 is 5.97 Å². The lowest BCUT2D eigenvalue weighted by Crippen LogP contribution is -2.68. The lowest BCUT2D eigenvalue weighted by atomic mass is 9.95. The van der Waals surface area contributed by atoms with Gasteiger partial charge in [0.1, 0.15) is 122 Å². The Hall–Kier alpha value is -5.00. The third kappa shape index (κ3) is 34.8. The number of aliphatic hydroxyl groups excluding tert-OH is 10. The van der Waals surface area contributed by atoms with Crippen LogP contribution in [-0.4, -0.2) is 347 Å². The Morgan fingerprint density at radius 1 is 0.405 bits per heavy atom. The van der Waals surface area contributed by atoms with E-state index in [-0.39, 0.29) is 19.4 Å². The van der Waals surface area contributed by atoms with Crippen molar-refractivity contribution in [2.45, 2.75) is 482 Å². The minimum atomic E-state index is -2.12. The van der Waals surface area contributed by atoms with Crippen LogP contribution in [0.5, 0.6) is 0 Å². The highest BCUT2D eigenvalue weighted by molar-refractivity contribution is 5.94. The van der Waals surface area contributed by atoms with E-state index < -0.39 is 256 Å². The molecule has 38 heteroatoms. The Labute approximate surface area is 772 Å². The number of aliphatic hydroxyl groups is 10. The lowest BCUT2D eigenvalue weighted by Gasteiger charge is -2.49. The van der Waals surface area contributed by atoms with Gasteiger partial charge in [0.05, 0.1) is 61.8 Å². The fraction of sp³-hybridized carbons (Fsp3) is 0.871. The van der Waals surface area contributed by atoms with Crippen LogP contribution in [0, 0.1) is 0 Å². The van der Waals surface area contributed by atoms with E-state index in [1.807, 2.05) is 0 Å². The first-order chi connectivity index (χ1) is 62.6. The van der Waals surface area contributed by atoms with Crippen LogP contribution < -0.4 is 26.6 Å². The van der Waals surface area contributed by atoms with Gasteiger partial charge in [0.25, 0.3) is 0 Å². The van der Waals surface area contributed by atoms with Gasteiger partial charge < -0.3 is 159 Å². The summed E-state index contributed by atoms with van der Waals surface area (Å²) in [6, 6.07) is 2.29. The minimum Gasteiger partial charge on any atom is -0.479 e. The minimum absolute atomic E-state index is 0.121. The zero-order chi connectivity index (χ0) is 96.1. The van der Waals surface area contributed by atoms with E-state index in [4.69, 9.17) is 75.8 Å². The number of nitrogens with one attached hydrogen (secondary N) is 5. The zero-order valence-electron chi connectivity index (χ0n) is 79.5. The number of hydrogen-bond acceptors (Lipinski definition) is 32. The number of rotatable bonds is 59. The van der Waals surface area contributed by atoms with E-state index in [2.05, 4.69) is 33.5 Å². The maximum Gasteiger partial charge on any atom is 0.335 e. The second-order valence-electron chi connectivity index (χ2n) is 36.6. The number of unbranched alkanes of at least 4 members (excludes halogenated alkanes) is 26. The Morgan fingerprint density at radius 2 is 0.847 bits per heavy atom. The second kappa shape index (κ2) is 58.7. The number of carbonyl (C=O) groups excluding carboxylic acids is 5. The molecule has 6 fully saturated rings. The summed E-state index contributed by atoms with van der Waals surface area (Å²) in [4.78, 5) is 83.1. The van der Waals surface area contributed by atoms with Crippen LogP contribution in [0.15, 0.2) is 30.3 Å². The first-order valence-electron chi connectivity index (χ1n) is 48.1. The summed E-state index contributed by atoms with van der Waals surface area (Å²) >= 11 is 0. The van der Waals surface area contributed by atoms with Crippen molar-refractivity contribution < 1.29 is 161 Å². The smallest absolute Gasteiger partial charge is 0.335 e. The Bertz CT molecular complexity index is 3410. The van der Waals surface area contributed by atoms with Gasteiger partial charge in [-0.15, -0.1) is 0 Å². The molecule has 0 radical (unpaired) electrons. The predicted molar refractivity (Wildman–Crippen MR) is 474 cm³/mol. The van der Waals surface area contributed by atoms with E-state index in [0.29, 0.717) is 18.4 Å². The third-order valence-electron chi connectivity index (χ3n) is 25.9. The summed E-state index contributed by atoms with van der Waals surface area (Å²) in [7, 11) is 5.18. The van der Waals surface area contributed by atoms with Gasteiger partial charge in [-0.05, 0) is 67.4 Å². The number of carbonyl (C=O) groups is 6. The van der Waals surface area contributed by atoms with Crippen molar-refractivity contribution in [1.82, 2.24) is 26.6 Å². The highest BCUT2D eigenvalue weighted by Crippen LogP contribution is 2.38. The fourth-order valence-electron chi connectivity index (χ4n) is 18.0. The highest BCUT2D eigenvalue weighted by Gasteiger charge is 2.58. The molecule has 6 saturated heterocycles. The highest BCUT2D eigenvalue weighted by atomic mass is 16.8. The maximum absolute atomic E-state index is 15.1. The molecule has 0 aliphatic carbocycles. The summed E-state index contributed by atoms with van der Waals surface area (Å²) in [6.45, 7) is 14.9. The summed E-state index contributed by atoms with van der Waals surface area (Å²) in [6.07, 6.45) is -14.4. The van der Waals surface area contributed by atoms with Crippen molar-refractivity contribution in [3.8, 4) is 0 Å². The Morgan fingerprint density at radius 3 is 1.37 bits per heavy atom. The molecule has 36 atom stereocenters. The molecule has 6 heterocycles. The molecule has 36 unspecified atom stereocenters. The molecule has 1 aromatic carbocycles. The van der Waals surface area contributed by atoms with E-state index in [1.54, 1.807) is 44.2 Å². The van der Waals surface area contributed by atoms with Gasteiger partial charge in [-0.1, -0.05) is 211 Å². The SMILES string of the molecule is CCCCCCCCCCCCCCCCCCCCCCCCCCCCCC(O)CC(=O)NC(Cc1ccccc1)C(=O)NC(C(=O)NC(C)C(=O)NC(C)COC1OC(C)C(OC)C(OC)C1O)C(C)OC1OC(C)C(O)C(O)C1OC1OC(C)C(O)C(OC2OC(C)C(OC3OC(C(=O)O)C(OC4OC(C)C(NC(C)=O)C(O)C4OC)C(O)C3O)C(O)C2OC)C1O. The summed E-state index contributed by atoms with van der Waals surface area (Å²) in [5.41, 5.74) is 0.595. The van der Waals surface area contributed by atoms with Crippen LogP contribution in [-0.2, 0) is 111 Å². The molecular formula is C93H161N5O33. The topological polar surface area (TPSA) is 533 Å². The molecular weight excluding hydrogens is 1720 g/mol. The molecule has 6 aliphatic rings. The summed E-state index contributed by atoms with van der Waals surface area (Å²) in [5, 5.41) is 140. The van der Waals surface area contributed by atoms with Gasteiger partial charge in [0, 0.05) is 47.8 Å². The van der Waals surface area contributed by atoms with Crippen molar-refractivity contribution in [2.75, 3.05) is 35.0 Å². The molecule has 0 spiro atoms. The van der Waals surface area contributed by atoms with Crippen LogP contribution >= 0.6 is 0 Å². The number of amides is 5. The molecule has 131 heavy (non-hydrogen) atoms. The standard InChI is InChI=1S/C93H161N5O33/c1-15-16-17-18-19-20-21-22-23-24-25-26-27-28-29-30-31-32-33-34-35-36-37-38-39-40-44-47-61(100)49-63(101)97-62(48-60-45-42-41-43-46-60)85(112)98-65(86(113)95-52(3)84(111)94-51(2)50-120-88-74(110)78(117-12)76(116-11)58(9)125-88)54(5)122-93-82(69(105)66(102)55(6)124-93)130-90-73(109)77(67(103)56(7)123-90)128-92-81(119-14)72(108)75(57(8)126-92)127-89-71(107)70(106)79(83(131-89)87(114)115)129-91-80(118-13)68(104)64(53(4)121-91)96-59(10)99/h41-43,45-46,51-58,61-62,64-83,88-93,100,102-110H,15-40,44,47-50H2,1-14H3,(H,94,111)(H,95,113)(H,96,99)(H,97,101)(H,98,112)(H,114,115). The van der Waals surface area contributed by atoms with Gasteiger partial charge in [-0.2, -0.15) is 0 Å². The van der Waals surface area contributed by atoms with Crippen molar-refractivity contribution in [1.29, 1.82) is 0 Å². The monoisotopic (exact) mass is 1880 g/mol. The van der Waals surface area contributed by atoms with Crippen LogP contribution in [0.2, 0.25) is 0 Å². The number of carboxylic acid groups (broad SMARTS) is 1. The van der Waals surface area contributed by atoms with Gasteiger partial charge in [0.2, 0.25) is 29.5 Å². The average Bonchev–Trinajstić information content (AvgIpc) is 0.768. The van der Waals surface area contributed by atoms with Gasteiger partial charge in [-0.3, -0.25) is 24.0 Å². The maximum atomic E-state index is 15.1. The van der Waals surface area contributed by atoms with E-state index in [0.717, 1.165) is 32.8 Å². The quantitative estimate of drug-likeness (QED) is 0.0406. The van der Waals surface area contributed by atoms with E-state index in [9.17, 15) is 75.3 Å². The second-order valence-corrected chi connectivity index (χ2v) is 36.6. The normalized spacial score (nSPS) is 34.3. The van der Waals surface area contributed by atoms with Crippen molar-refractivity contribution >= 4 is 35.5 Å². The largest absolute Gasteiger partial charge is 0.479 e. The van der Waals surface area contributed by atoms with E-state index >= 15 is 9.59 Å². The molecule has 38 nitrogen and oxygen atoms in total. The molecule has 0 saturated carbocycles. The molecule has 1 aromatic rings. The number of hydrogen-bond donors (Lipinski definition) is 16. The molecule has 756 valence electrons. The third-order valence-corrected chi connectivity index (χ3v) is 25.9. The first kappa shape index (κ1) is 113. The first-order valence-corrected chi connectivity index (χ1v) is 48.1. The van der Waals surface area contributed by atoms with Crippen molar-refractivity contribution in [3.63, 3.8) is 0 Å². The Kier molecular flexibility index (Phi) is 50.6. The molecule has 0 aromatic heterocycles. The number of benzene rings is 1. The molecule has 16 N–H and O–H groups in total. The molecule has 0 bridgehead atoms. The van der Waals surface area contributed by atoms with Crippen LogP contribution in [0.25, 0.3) is 0 Å². The number of aliphatic carboxylic acids is 1. The lowest BCUT2D eigenvalue weighted by molar-refractivity contribution is -0.392. The zero-order valence-corrected chi connectivity index (χ0v) is 79.5. The molecule has 5 amide bonds. The summed E-state index contributed by atoms with van der Waals surface area (Å²) in [5.74, 6) is -5.57.